The lowest BCUT2D eigenvalue weighted by molar-refractivity contribution is -0.114. The lowest BCUT2D eigenvalue weighted by Crippen LogP contribution is -2.14. The van der Waals surface area contributed by atoms with Gasteiger partial charge < -0.3 is 10.6 Å². The fraction of sp³-hybridized carbons (Fsp3) is 0.158. The third-order valence-electron chi connectivity index (χ3n) is 3.49. The van der Waals surface area contributed by atoms with Crippen molar-refractivity contribution in [2.75, 3.05) is 16.4 Å². The number of amides is 2. The first kappa shape index (κ1) is 17.9. The summed E-state index contributed by atoms with van der Waals surface area (Å²) < 4.78 is 0. The molecule has 2 aromatic carbocycles. The van der Waals surface area contributed by atoms with E-state index in [9.17, 15) is 9.59 Å². The van der Waals surface area contributed by atoms with Gasteiger partial charge in [0.2, 0.25) is 11.8 Å². The van der Waals surface area contributed by atoms with Crippen LogP contribution in [0.5, 0.6) is 0 Å². The molecule has 0 aliphatic rings. The van der Waals surface area contributed by atoms with Crippen molar-refractivity contribution in [2.24, 2.45) is 0 Å². The summed E-state index contributed by atoms with van der Waals surface area (Å²) in [5.41, 5.74) is 2.14. The zero-order valence-electron chi connectivity index (χ0n) is 14.4. The zero-order valence-corrected chi connectivity index (χ0v) is 15.3. The molecule has 0 saturated heterocycles. The summed E-state index contributed by atoms with van der Waals surface area (Å²) >= 11 is 1.37. The molecule has 0 atom stereocenters. The van der Waals surface area contributed by atoms with Crippen LogP contribution in [0.1, 0.15) is 12.7 Å². The van der Waals surface area contributed by atoms with Gasteiger partial charge in [-0.15, -0.1) is 0 Å². The van der Waals surface area contributed by atoms with Crippen LogP contribution >= 0.6 is 11.8 Å². The second-order valence-electron chi connectivity index (χ2n) is 5.69. The minimum Gasteiger partial charge on any atom is -0.326 e. The van der Waals surface area contributed by atoms with Gasteiger partial charge in [-0.2, -0.15) is 0 Å². The average molecular weight is 366 g/mol. The van der Waals surface area contributed by atoms with E-state index in [2.05, 4.69) is 20.6 Å². The van der Waals surface area contributed by atoms with Crippen molar-refractivity contribution >= 4 is 45.9 Å². The maximum Gasteiger partial charge on any atom is 0.234 e. The number of para-hydroxylation sites is 1. The van der Waals surface area contributed by atoms with Crippen LogP contribution in [-0.4, -0.2) is 27.5 Å². The number of nitrogens with one attached hydrogen (secondary N) is 2. The van der Waals surface area contributed by atoms with Gasteiger partial charge >= 0.3 is 0 Å². The molecule has 0 aliphatic heterocycles. The van der Waals surface area contributed by atoms with Gasteiger partial charge in [0.05, 0.1) is 11.3 Å². The molecule has 6 nitrogen and oxygen atoms in total. The van der Waals surface area contributed by atoms with Crippen LogP contribution in [0.2, 0.25) is 0 Å². The van der Waals surface area contributed by atoms with Gasteiger partial charge in [-0.3, -0.25) is 9.59 Å². The molecule has 0 spiro atoms. The quantitative estimate of drug-likeness (QED) is 0.532. The van der Waals surface area contributed by atoms with Gasteiger partial charge in [-0.1, -0.05) is 36.0 Å². The minimum absolute atomic E-state index is 0.143. The van der Waals surface area contributed by atoms with Crippen molar-refractivity contribution in [2.45, 2.75) is 18.9 Å². The Labute approximate surface area is 155 Å². The maximum absolute atomic E-state index is 12.3. The third kappa shape index (κ3) is 4.58. The summed E-state index contributed by atoms with van der Waals surface area (Å²) in [4.78, 5) is 32.3. The predicted molar refractivity (Wildman–Crippen MR) is 104 cm³/mol. The first-order chi connectivity index (χ1) is 12.5. The van der Waals surface area contributed by atoms with Gasteiger partial charge in [0, 0.05) is 23.7 Å². The number of benzene rings is 2. The van der Waals surface area contributed by atoms with Crippen LogP contribution in [-0.2, 0) is 9.59 Å². The van der Waals surface area contributed by atoms with E-state index in [1.54, 1.807) is 24.3 Å². The summed E-state index contributed by atoms with van der Waals surface area (Å²) in [6, 6.07) is 14.8. The molecular weight excluding hydrogens is 348 g/mol. The second-order valence-corrected chi connectivity index (χ2v) is 6.66. The molecule has 2 amide bonds. The lowest BCUT2D eigenvalue weighted by atomic mass is 10.2. The van der Waals surface area contributed by atoms with Crippen molar-refractivity contribution in [1.82, 2.24) is 9.97 Å². The van der Waals surface area contributed by atoms with Crippen LogP contribution in [0.4, 0.5) is 11.4 Å². The average Bonchev–Trinajstić information content (AvgIpc) is 2.59. The van der Waals surface area contributed by atoms with E-state index in [0.29, 0.717) is 17.2 Å². The Morgan fingerprint density at radius 3 is 2.50 bits per heavy atom. The number of aromatic nitrogens is 2. The number of rotatable bonds is 5. The van der Waals surface area contributed by atoms with Crippen LogP contribution in [0.15, 0.2) is 53.6 Å². The number of anilines is 2. The molecule has 7 heteroatoms. The summed E-state index contributed by atoms with van der Waals surface area (Å²) in [6.45, 7) is 3.28. The largest absolute Gasteiger partial charge is 0.326 e. The van der Waals surface area contributed by atoms with E-state index in [1.807, 2.05) is 31.2 Å². The van der Waals surface area contributed by atoms with E-state index in [0.717, 1.165) is 15.9 Å². The Morgan fingerprint density at radius 1 is 1.00 bits per heavy atom. The van der Waals surface area contributed by atoms with E-state index >= 15 is 0 Å². The van der Waals surface area contributed by atoms with Crippen LogP contribution < -0.4 is 10.6 Å². The Hall–Kier alpha value is -2.93. The lowest BCUT2D eigenvalue weighted by Gasteiger charge is -2.09. The molecule has 0 fully saturated rings. The Balaban J connectivity index is 1.67. The number of thioether (sulfide) groups is 1. The van der Waals surface area contributed by atoms with E-state index < -0.39 is 0 Å². The number of carbonyl (C=O) groups excluding carboxylic acids is 2. The normalized spacial score (nSPS) is 10.5. The van der Waals surface area contributed by atoms with Crippen molar-refractivity contribution in [1.29, 1.82) is 0 Å². The standard InChI is InChI=1S/C19H18N4O2S/c1-12-20-17-9-4-3-8-16(17)19(21-12)26-11-18(25)23-15-7-5-6-14(10-15)22-13(2)24/h3-10H,11H2,1-2H3,(H,22,24)(H,23,25). The van der Waals surface area contributed by atoms with Crippen LogP contribution in [0.25, 0.3) is 10.9 Å². The summed E-state index contributed by atoms with van der Waals surface area (Å²) in [6.07, 6.45) is 0. The topological polar surface area (TPSA) is 84.0 Å². The highest BCUT2D eigenvalue weighted by atomic mass is 32.2. The monoisotopic (exact) mass is 366 g/mol. The number of nitrogens with zero attached hydrogens (tertiary/aromatic N) is 2. The van der Waals surface area contributed by atoms with E-state index in [-0.39, 0.29) is 17.6 Å². The SMILES string of the molecule is CC(=O)Nc1cccc(NC(=O)CSc2nc(C)nc3ccccc23)c1. The van der Waals surface area contributed by atoms with E-state index in [1.165, 1.54) is 18.7 Å². The van der Waals surface area contributed by atoms with Crippen LogP contribution in [0, 0.1) is 6.92 Å². The highest BCUT2D eigenvalue weighted by Crippen LogP contribution is 2.25. The number of aryl methyl sites for hydroxylation is 1. The highest BCUT2D eigenvalue weighted by molar-refractivity contribution is 8.00. The molecule has 2 N–H and O–H groups in total. The molecular formula is C19H18N4O2S. The second kappa shape index (κ2) is 7.97. The Kier molecular flexibility index (Phi) is 5.48. The van der Waals surface area contributed by atoms with Gasteiger partial charge in [-0.05, 0) is 31.2 Å². The predicted octanol–water partition coefficient (Wildman–Crippen LogP) is 3.63. The van der Waals surface area contributed by atoms with Crippen LogP contribution in [0.3, 0.4) is 0 Å². The Bertz CT molecular complexity index is 975. The summed E-state index contributed by atoms with van der Waals surface area (Å²) in [5, 5.41) is 7.25. The zero-order chi connectivity index (χ0) is 18.5. The minimum atomic E-state index is -0.157. The van der Waals surface area contributed by atoms with Crippen molar-refractivity contribution in [3.8, 4) is 0 Å². The smallest absolute Gasteiger partial charge is 0.234 e. The molecule has 0 radical (unpaired) electrons. The summed E-state index contributed by atoms with van der Waals surface area (Å²) in [7, 11) is 0. The molecule has 132 valence electrons. The number of hydrogen-bond acceptors (Lipinski definition) is 5. The molecule has 0 saturated carbocycles. The fourth-order valence-corrected chi connectivity index (χ4v) is 3.34. The van der Waals surface area contributed by atoms with Crippen molar-refractivity contribution < 1.29 is 9.59 Å². The fourth-order valence-electron chi connectivity index (χ4n) is 2.48. The van der Waals surface area contributed by atoms with Gasteiger partial charge in [0.1, 0.15) is 10.9 Å². The maximum atomic E-state index is 12.3. The first-order valence-electron chi connectivity index (χ1n) is 8.05. The first-order valence-corrected chi connectivity index (χ1v) is 9.03. The Morgan fingerprint density at radius 2 is 1.73 bits per heavy atom. The molecule has 0 bridgehead atoms. The molecule has 3 aromatic rings. The van der Waals surface area contributed by atoms with Crippen molar-refractivity contribution in [3.63, 3.8) is 0 Å². The molecule has 1 heterocycles. The van der Waals surface area contributed by atoms with Gasteiger partial charge in [-0.25, -0.2) is 9.97 Å². The van der Waals surface area contributed by atoms with E-state index in [4.69, 9.17) is 0 Å². The third-order valence-corrected chi connectivity index (χ3v) is 4.48. The van der Waals surface area contributed by atoms with Gasteiger partial charge in [0.15, 0.2) is 0 Å². The molecule has 0 unspecified atom stereocenters. The summed E-state index contributed by atoms with van der Waals surface area (Å²) in [5.74, 6) is 0.602. The molecule has 1 aromatic heterocycles. The number of fused-ring (bicyclic) bond motifs is 1. The molecule has 0 aliphatic carbocycles. The molecule has 3 rings (SSSR count). The molecule has 26 heavy (non-hydrogen) atoms. The highest BCUT2D eigenvalue weighted by Gasteiger charge is 2.10. The van der Waals surface area contributed by atoms with Crippen molar-refractivity contribution in [3.05, 3.63) is 54.4 Å². The number of hydrogen-bond donors (Lipinski definition) is 2. The number of carbonyl (C=O) groups is 2. The van der Waals surface area contributed by atoms with Gasteiger partial charge in [0.25, 0.3) is 0 Å².